The Bertz CT molecular complexity index is 1090. The number of aromatic nitrogens is 3. The summed E-state index contributed by atoms with van der Waals surface area (Å²) in [4.78, 5) is 30.1. The van der Waals surface area contributed by atoms with Crippen molar-refractivity contribution in [2.24, 2.45) is 0 Å². The summed E-state index contributed by atoms with van der Waals surface area (Å²) in [6.07, 6.45) is 3.70. The van der Waals surface area contributed by atoms with Crippen molar-refractivity contribution >= 4 is 23.4 Å². The Morgan fingerprint density at radius 3 is 2.90 bits per heavy atom. The van der Waals surface area contributed by atoms with Gasteiger partial charge in [0, 0.05) is 30.5 Å². The number of nitrogens with zero attached hydrogens (tertiary/aromatic N) is 5. The van der Waals surface area contributed by atoms with Crippen molar-refractivity contribution in [3.8, 4) is 11.3 Å². The maximum Gasteiger partial charge on any atom is 0.329 e. The summed E-state index contributed by atoms with van der Waals surface area (Å²) in [7, 11) is 0. The second-order valence-corrected chi connectivity index (χ2v) is 7.28. The number of hydrogen-bond acceptors (Lipinski definition) is 5. The van der Waals surface area contributed by atoms with E-state index >= 15 is 0 Å². The Balaban J connectivity index is 1.52. The largest absolute Gasteiger partial charge is 0.366 e. The molecule has 146 valence electrons. The fourth-order valence-electron chi connectivity index (χ4n) is 3.96. The minimum Gasteiger partial charge on any atom is -0.366 e. The molecule has 8 heteroatoms. The van der Waals surface area contributed by atoms with Gasteiger partial charge in [0.2, 0.25) is 0 Å². The van der Waals surface area contributed by atoms with Crippen molar-refractivity contribution in [2.75, 3.05) is 28.2 Å². The number of rotatable bonds is 2. The molecule has 0 spiro atoms. The monoisotopic (exact) mass is 390 g/mol. The molecule has 2 aliphatic heterocycles. The van der Waals surface area contributed by atoms with Crippen molar-refractivity contribution in [3.05, 3.63) is 60.3 Å². The lowest BCUT2D eigenvalue weighted by Crippen LogP contribution is -2.48. The van der Waals surface area contributed by atoms with E-state index in [0.29, 0.717) is 11.6 Å². The average molecular weight is 390 g/mol. The molecule has 7 nitrogen and oxygen atoms in total. The standard InChI is InChI=1S/C21H19FN6O/c1-13-10-14(6-8-23-13)17-3-4-18-20(25-17)28(16-7-9-27(18)12-16)21(29)26-19-5-2-15(22)11-24-19/h2-6,8,10-11,16H,7,9,12H2,1H3,(H,24,26,29)/t16-/m0/s1. The van der Waals surface area contributed by atoms with Crippen molar-refractivity contribution in [3.63, 3.8) is 0 Å². The Morgan fingerprint density at radius 2 is 2.10 bits per heavy atom. The molecule has 29 heavy (non-hydrogen) atoms. The van der Waals surface area contributed by atoms with E-state index < -0.39 is 5.82 Å². The highest BCUT2D eigenvalue weighted by atomic mass is 19.1. The molecule has 0 unspecified atom stereocenters. The summed E-state index contributed by atoms with van der Waals surface area (Å²) in [5.41, 5.74) is 3.58. The smallest absolute Gasteiger partial charge is 0.329 e. The summed E-state index contributed by atoms with van der Waals surface area (Å²) in [6, 6.07) is 10.3. The maximum absolute atomic E-state index is 13.1. The molecule has 1 atom stereocenters. The van der Waals surface area contributed by atoms with Crippen LogP contribution in [0.4, 0.5) is 26.5 Å². The molecule has 0 aromatic carbocycles. The second kappa shape index (κ2) is 6.80. The van der Waals surface area contributed by atoms with Crippen LogP contribution in [-0.4, -0.2) is 40.1 Å². The van der Waals surface area contributed by atoms with Crippen LogP contribution in [0.25, 0.3) is 11.3 Å². The summed E-state index contributed by atoms with van der Waals surface area (Å²) in [5.74, 6) is 0.487. The van der Waals surface area contributed by atoms with E-state index in [9.17, 15) is 9.18 Å². The lowest BCUT2D eigenvalue weighted by atomic mass is 10.1. The highest BCUT2D eigenvalue weighted by Gasteiger charge is 2.40. The number of hydrogen-bond donors (Lipinski definition) is 1. The first-order valence-electron chi connectivity index (χ1n) is 9.49. The first kappa shape index (κ1) is 17.5. The van der Waals surface area contributed by atoms with E-state index in [1.54, 1.807) is 11.1 Å². The minimum absolute atomic E-state index is 0.0323. The zero-order valence-electron chi connectivity index (χ0n) is 15.8. The Labute approximate surface area is 167 Å². The van der Waals surface area contributed by atoms with Crippen molar-refractivity contribution < 1.29 is 9.18 Å². The van der Waals surface area contributed by atoms with Gasteiger partial charge in [0.1, 0.15) is 11.6 Å². The number of anilines is 3. The summed E-state index contributed by atoms with van der Waals surface area (Å²) in [5, 5.41) is 2.77. The Hall–Kier alpha value is -3.55. The lowest BCUT2D eigenvalue weighted by molar-refractivity contribution is 0.254. The van der Waals surface area contributed by atoms with Crippen molar-refractivity contribution in [1.29, 1.82) is 0 Å². The normalized spacial score (nSPS) is 17.2. The van der Waals surface area contributed by atoms with Crippen LogP contribution in [0.2, 0.25) is 0 Å². The molecule has 3 aromatic heterocycles. The molecule has 1 saturated heterocycles. The highest BCUT2D eigenvalue weighted by molar-refractivity contribution is 6.04. The van der Waals surface area contributed by atoms with Gasteiger partial charge in [0.25, 0.3) is 0 Å². The molecule has 5 rings (SSSR count). The fourth-order valence-corrected chi connectivity index (χ4v) is 3.96. The fraction of sp³-hybridized carbons (Fsp3) is 0.238. The first-order chi connectivity index (χ1) is 14.1. The predicted molar refractivity (Wildman–Crippen MR) is 109 cm³/mol. The zero-order chi connectivity index (χ0) is 20.0. The molecule has 2 bridgehead atoms. The minimum atomic E-state index is -0.447. The number of nitrogens with one attached hydrogen (secondary N) is 1. The van der Waals surface area contributed by atoms with Gasteiger partial charge in [-0.1, -0.05) is 0 Å². The third kappa shape index (κ3) is 3.16. The van der Waals surface area contributed by atoms with Crippen LogP contribution < -0.4 is 15.1 Å². The number of urea groups is 1. The van der Waals surface area contributed by atoms with Crippen LogP contribution in [0.3, 0.4) is 0 Å². The van der Waals surface area contributed by atoms with Gasteiger partial charge in [-0.25, -0.2) is 19.2 Å². The number of amides is 2. The number of pyridine rings is 3. The van der Waals surface area contributed by atoms with Crippen LogP contribution in [0.5, 0.6) is 0 Å². The lowest BCUT2D eigenvalue weighted by Gasteiger charge is -2.35. The predicted octanol–water partition coefficient (Wildman–Crippen LogP) is 3.62. The molecule has 2 amide bonds. The van der Waals surface area contributed by atoms with Crippen molar-refractivity contribution in [1.82, 2.24) is 15.0 Å². The number of carbonyl (C=O) groups is 1. The molecular formula is C21H19FN6O. The Kier molecular flexibility index (Phi) is 4.12. The van der Waals surface area contributed by atoms with E-state index in [0.717, 1.165) is 48.3 Å². The number of aryl methyl sites for hydroxylation is 1. The van der Waals surface area contributed by atoms with Crippen LogP contribution in [-0.2, 0) is 0 Å². The molecule has 0 radical (unpaired) electrons. The first-order valence-corrected chi connectivity index (χ1v) is 9.49. The van der Waals surface area contributed by atoms with Crippen molar-refractivity contribution in [2.45, 2.75) is 19.4 Å². The SMILES string of the molecule is Cc1cc(-c2ccc3c(n2)N(C(=O)Nc2ccc(F)cn2)[C@H]2CCN3C2)ccn1. The third-order valence-electron chi connectivity index (χ3n) is 5.33. The molecule has 1 fully saturated rings. The number of fused-ring (bicyclic) bond motifs is 4. The van der Waals surface area contributed by atoms with Crippen LogP contribution >= 0.6 is 0 Å². The van der Waals surface area contributed by atoms with Gasteiger partial charge in [-0.15, -0.1) is 0 Å². The van der Waals surface area contributed by atoms with E-state index in [1.807, 2.05) is 31.2 Å². The molecular weight excluding hydrogens is 371 g/mol. The molecule has 5 heterocycles. The summed E-state index contributed by atoms with van der Waals surface area (Å²) in [6.45, 7) is 3.58. The van der Waals surface area contributed by atoms with E-state index in [1.165, 1.54) is 12.1 Å². The maximum atomic E-state index is 13.1. The van der Waals surface area contributed by atoms with Gasteiger partial charge in [-0.2, -0.15) is 0 Å². The van der Waals surface area contributed by atoms with Gasteiger partial charge < -0.3 is 4.90 Å². The molecule has 2 aliphatic rings. The molecule has 0 saturated carbocycles. The highest BCUT2D eigenvalue weighted by Crippen LogP contribution is 2.40. The van der Waals surface area contributed by atoms with E-state index in [2.05, 4.69) is 20.2 Å². The summed E-state index contributed by atoms with van der Waals surface area (Å²) < 4.78 is 13.1. The molecule has 3 aromatic rings. The molecule has 0 aliphatic carbocycles. The van der Waals surface area contributed by atoms with Crippen LogP contribution in [0, 0.1) is 12.7 Å². The topological polar surface area (TPSA) is 74.2 Å². The zero-order valence-corrected chi connectivity index (χ0v) is 15.8. The second-order valence-electron chi connectivity index (χ2n) is 7.28. The van der Waals surface area contributed by atoms with Gasteiger partial charge in [-0.05, 0) is 49.7 Å². The number of halogens is 1. The average Bonchev–Trinajstić information content (AvgIpc) is 3.14. The molecule has 1 N–H and O–H groups in total. The van der Waals surface area contributed by atoms with Crippen LogP contribution in [0.1, 0.15) is 12.1 Å². The third-order valence-corrected chi connectivity index (χ3v) is 5.33. The van der Waals surface area contributed by atoms with Gasteiger partial charge in [-0.3, -0.25) is 15.2 Å². The van der Waals surface area contributed by atoms with E-state index in [-0.39, 0.29) is 12.1 Å². The van der Waals surface area contributed by atoms with Gasteiger partial charge in [0.15, 0.2) is 5.82 Å². The number of carbonyl (C=O) groups excluding carboxylic acids is 1. The van der Waals surface area contributed by atoms with Gasteiger partial charge >= 0.3 is 6.03 Å². The van der Waals surface area contributed by atoms with Crippen LogP contribution in [0.15, 0.2) is 48.8 Å². The van der Waals surface area contributed by atoms with Gasteiger partial charge in [0.05, 0.1) is 23.6 Å². The quantitative estimate of drug-likeness (QED) is 0.724. The van der Waals surface area contributed by atoms with E-state index in [4.69, 9.17) is 4.98 Å². The summed E-state index contributed by atoms with van der Waals surface area (Å²) >= 11 is 0. The Morgan fingerprint density at radius 1 is 1.21 bits per heavy atom.